The average molecular weight is 513 g/mol. The van der Waals surface area contributed by atoms with Gasteiger partial charge in [0.2, 0.25) is 0 Å². The minimum absolute atomic E-state index is 0.766. The summed E-state index contributed by atoms with van der Waals surface area (Å²) in [4.78, 5) is 7.07. The van der Waals surface area contributed by atoms with Crippen LogP contribution in [0.5, 0.6) is 11.5 Å². The summed E-state index contributed by atoms with van der Waals surface area (Å²) in [6.07, 6.45) is 1.88. The van der Waals surface area contributed by atoms with Gasteiger partial charge in [0, 0.05) is 23.7 Å². The SMILES string of the molecule is COc1ccc(CN(Cc2ccc(OC)cc2)c2cc(I)cc3c2ncn3C)cc1. The van der Waals surface area contributed by atoms with Gasteiger partial charge in [-0.3, -0.25) is 0 Å². The Morgan fingerprint density at radius 2 is 1.40 bits per heavy atom. The molecular weight excluding hydrogens is 489 g/mol. The van der Waals surface area contributed by atoms with Crippen LogP contribution in [0.1, 0.15) is 11.1 Å². The van der Waals surface area contributed by atoms with Gasteiger partial charge in [-0.15, -0.1) is 0 Å². The third-order valence-electron chi connectivity index (χ3n) is 5.18. The Morgan fingerprint density at radius 3 is 1.90 bits per heavy atom. The van der Waals surface area contributed by atoms with Gasteiger partial charge in [0.25, 0.3) is 0 Å². The summed E-state index contributed by atoms with van der Waals surface area (Å²) < 4.78 is 13.9. The van der Waals surface area contributed by atoms with Gasteiger partial charge >= 0.3 is 0 Å². The lowest BCUT2D eigenvalue weighted by Gasteiger charge is -2.26. The number of rotatable bonds is 7. The van der Waals surface area contributed by atoms with Gasteiger partial charge in [-0.2, -0.15) is 0 Å². The predicted octanol–water partition coefficient (Wildman–Crippen LogP) is 5.40. The first kappa shape index (κ1) is 20.5. The highest BCUT2D eigenvalue weighted by Gasteiger charge is 2.16. The maximum atomic E-state index is 5.31. The molecule has 0 amide bonds. The minimum Gasteiger partial charge on any atom is -0.497 e. The first-order chi connectivity index (χ1) is 14.6. The molecular formula is C24H24IN3O2. The number of halogens is 1. The quantitative estimate of drug-likeness (QED) is 0.310. The second-order valence-electron chi connectivity index (χ2n) is 7.20. The van der Waals surface area contributed by atoms with Gasteiger partial charge in [0.1, 0.15) is 17.0 Å². The highest BCUT2D eigenvalue weighted by atomic mass is 127. The van der Waals surface area contributed by atoms with Crippen molar-refractivity contribution in [3.8, 4) is 11.5 Å². The fraction of sp³-hybridized carbons (Fsp3) is 0.208. The zero-order valence-electron chi connectivity index (χ0n) is 17.3. The molecule has 0 spiro atoms. The molecule has 0 aliphatic carbocycles. The number of nitrogens with zero attached hydrogens (tertiary/aromatic N) is 3. The summed E-state index contributed by atoms with van der Waals surface area (Å²) in [6.45, 7) is 1.53. The van der Waals surface area contributed by atoms with Crippen LogP contribution in [0.4, 0.5) is 5.69 Å². The van der Waals surface area contributed by atoms with Crippen molar-refractivity contribution in [2.45, 2.75) is 13.1 Å². The number of fused-ring (bicyclic) bond motifs is 1. The molecule has 0 fully saturated rings. The summed E-state index contributed by atoms with van der Waals surface area (Å²) in [5.41, 5.74) is 5.70. The maximum absolute atomic E-state index is 5.31. The van der Waals surface area contributed by atoms with Crippen LogP contribution in [0, 0.1) is 3.57 Å². The van der Waals surface area contributed by atoms with Gasteiger partial charge in [0.15, 0.2) is 0 Å². The second kappa shape index (κ2) is 8.95. The van der Waals surface area contributed by atoms with Gasteiger partial charge in [-0.1, -0.05) is 24.3 Å². The molecule has 0 saturated heterocycles. The minimum atomic E-state index is 0.766. The average Bonchev–Trinajstić information content (AvgIpc) is 3.14. The maximum Gasteiger partial charge on any atom is 0.118 e. The van der Waals surface area contributed by atoms with Crippen molar-refractivity contribution in [3.63, 3.8) is 0 Å². The second-order valence-corrected chi connectivity index (χ2v) is 8.45. The zero-order chi connectivity index (χ0) is 21.1. The lowest BCUT2D eigenvalue weighted by Crippen LogP contribution is -2.22. The monoisotopic (exact) mass is 513 g/mol. The molecule has 30 heavy (non-hydrogen) atoms. The van der Waals surface area contributed by atoms with Crippen LogP contribution in [0.25, 0.3) is 11.0 Å². The lowest BCUT2D eigenvalue weighted by molar-refractivity contribution is 0.414. The van der Waals surface area contributed by atoms with Crippen LogP contribution in [0.2, 0.25) is 0 Å². The fourth-order valence-corrected chi connectivity index (χ4v) is 4.14. The summed E-state index contributed by atoms with van der Waals surface area (Å²) in [5, 5.41) is 0. The molecule has 1 aromatic heterocycles. The van der Waals surface area contributed by atoms with E-state index in [-0.39, 0.29) is 0 Å². The number of methoxy groups -OCH3 is 2. The predicted molar refractivity (Wildman–Crippen MR) is 129 cm³/mol. The van der Waals surface area contributed by atoms with E-state index >= 15 is 0 Å². The van der Waals surface area contributed by atoms with Gasteiger partial charge in [-0.25, -0.2) is 4.98 Å². The van der Waals surface area contributed by atoms with Gasteiger partial charge in [-0.05, 0) is 70.1 Å². The normalized spacial score (nSPS) is 10.9. The van der Waals surface area contributed by atoms with Crippen molar-refractivity contribution < 1.29 is 9.47 Å². The fourth-order valence-electron chi connectivity index (χ4n) is 3.55. The Morgan fingerprint density at radius 1 is 0.867 bits per heavy atom. The Labute approximate surface area is 190 Å². The molecule has 5 nitrogen and oxygen atoms in total. The van der Waals surface area contributed by atoms with E-state index in [2.05, 4.69) is 68.5 Å². The molecule has 0 aliphatic heterocycles. The molecule has 0 saturated carbocycles. The molecule has 0 bridgehead atoms. The number of aryl methyl sites for hydroxylation is 1. The number of aromatic nitrogens is 2. The summed E-state index contributed by atoms with van der Waals surface area (Å²) >= 11 is 2.38. The van der Waals surface area contributed by atoms with Gasteiger partial charge < -0.3 is 18.9 Å². The van der Waals surface area contributed by atoms with E-state index in [9.17, 15) is 0 Å². The highest BCUT2D eigenvalue weighted by molar-refractivity contribution is 14.1. The van der Waals surface area contributed by atoms with Crippen LogP contribution >= 0.6 is 22.6 Å². The lowest BCUT2D eigenvalue weighted by atomic mass is 10.1. The molecule has 3 aromatic carbocycles. The van der Waals surface area contributed by atoms with Crippen LogP contribution in [-0.4, -0.2) is 23.8 Å². The molecule has 154 valence electrons. The number of ether oxygens (including phenoxy) is 2. The number of hydrogen-bond acceptors (Lipinski definition) is 4. The Hall–Kier alpha value is -2.74. The van der Waals surface area contributed by atoms with Crippen molar-refractivity contribution in [3.05, 3.63) is 81.7 Å². The molecule has 1 heterocycles. The molecule has 4 rings (SSSR count). The third kappa shape index (κ3) is 4.38. The van der Waals surface area contributed by atoms with E-state index in [0.717, 1.165) is 41.3 Å². The summed E-state index contributed by atoms with van der Waals surface area (Å²) in [7, 11) is 5.41. The molecule has 0 unspecified atom stereocenters. The van der Waals surface area contributed by atoms with Crippen molar-refractivity contribution in [1.82, 2.24) is 9.55 Å². The molecule has 0 radical (unpaired) electrons. The standard InChI is InChI=1S/C24H24IN3O2/c1-27-16-26-24-22(27)12-19(25)13-23(24)28(14-17-4-8-20(29-2)9-5-17)15-18-6-10-21(30-3)11-7-18/h4-13,16H,14-15H2,1-3H3. The van der Waals surface area contributed by atoms with E-state index in [1.165, 1.54) is 14.7 Å². The number of anilines is 1. The number of hydrogen-bond donors (Lipinski definition) is 0. The molecule has 4 aromatic rings. The topological polar surface area (TPSA) is 39.5 Å². The van der Waals surface area contributed by atoms with E-state index in [4.69, 9.17) is 14.5 Å². The van der Waals surface area contributed by atoms with Crippen LogP contribution in [0.3, 0.4) is 0 Å². The van der Waals surface area contributed by atoms with E-state index < -0.39 is 0 Å². The largest absolute Gasteiger partial charge is 0.497 e. The number of benzene rings is 3. The Kier molecular flexibility index (Phi) is 6.13. The first-order valence-electron chi connectivity index (χ1n) is 9.69. The summed E-state index contributed by atoms with van der Waals surface area (Å²) in [5.74, 6) is 1.73. The van der Waals surface area contributed by atoms with Crippen molar-refractivity contribution in [2.75, 3.05) is 19.1 Å². The van der Waals surface area contributed by atoms with E-state index in [1.54, 1.807) is 14.2 Å². The molecule has 0 N–H and O–H groups in total. The van der Waals surface area contributed by atoms with E-state index in [1.807, 2.05) is 37.6 Å². The number of imidazole rings is 1. The van der Waals surface area contributed by atoms with Crippen molar-refractivity contribution in [1.29, 1.82) is 0 Å². The smallest absolute Gasteiger partial charge is 0.118 e. The van der Waals surface area contributed by atoms with Crippen LogP contribution < -0.4 is 14.4 Å². The van der Waals surface area contributed by atoms with Crippen LogP contribution in [0.15, 0.2) is 67.0 Å². The van der Waals surface area contributed by atoms with Gasteiger partial charge in [0.05, 0.1) is 31.8 Å². The van der Waals surface area contributed by atoms with Crippen LogP contribution in [-0.2, 0) is 20.1 Å². The van der Waals surface area contributed by atoms with E-state index in [0.29, 0.717) is 0 Å². The van der Waals surface area contributed by atoms with Crippen molar-refractivity contribution in [2.24, 2.45) is 7.05 Å². The Bertz CT molecular complexity index is 1090. The first-order valence-corrected chi connectivity index (χ1v) is 10.8. The zero-order valence-corrected chi connectivity index (χ0v) is 19.5. The molecule has 0 aliphatic rings. The highest BCUT2D eigenvalue weighted by Crippen LogP contribution is 2.31. The van der Waals surface area contributed by atoms with Crippen molar-refractivity contribution >= 4 is 39.3 Å². The summed E-state index contributed by atoms with van der Waals surface area (Å²) in [6, 6.07) is 20.9. The third-order valence-corrected chi connectivity index (χ3v) is 5.80. The molecule has 0 atom stereocenters. The Balaban J connectivity index is 1.74. The molecule has 6 heteroatoms.